The van der Waals surface area contributed by atoms with E-state index in [4.69, 9.17) is 0 Å². The number of carbonyl (C=O) groups excluding carboxylic acids is 1. The molecule has 4 rings (SSSR count). The highest BCUT2D eigenvalue weighted by Crippen LogP contribution is 2.47. The number of hydrogen-bond acceptors (Lipinski definition) is 2. The molecular weight excluding hydrogens is 344 g/mol. The van der Waals surface area contributed by atoms with Crippen LogP contribution in [0.4, 0.5) is 0 Å². The molecule has 2 atom stereocenters. The van der Waals surface area contributed by atoms with Crippen LogP contribution in [0.5, 0.6) is 0 Å². The van der Waals surface area contributed by atoms with Gasteiger partial charge in [-0.25, -0.2) is 5.43 Å². The minimum atomic E-state index is -0.0182. The average Bonchev–Trinajstić information content (AvgIpc) is 3.57. The maximum Gasteiger partial charge on any atom is 0.243 e. The molecule has 3 aromatic carbocycles. The fourth-order valence-electron chi connectivity index (χ4n) is 3.30. The Bertz CT molecular complexity index is 979. The summed E-state index contributed by atoms with van der Waals surface area (Å²) in [6.07, 6.45) is 4.82. The first-order valence-corrected chi connectivity index (χ1v) is 9.52. The van der Waals surface area contributed by atoms with E-state index >= 15 is 0 Å². The molecule has 1 N–H and O–H groups in total. The standard InChI is InChI=1S/C25H22N2O/c28-25(23-18-22(23)20-12-6-2-7-13-20)27-26-24(21-14-8-3-9-15-21)17-16-19-10-4-1-5-11-19/h1-17,22-23H,18H2,(H,27,28)/b17-16-,26-24?/t22-,23-/m1/s1. The second kappa shape index (κ2) is 8.49. The van der Waals surface area contributed by atoms with Gasteiger partial charge in [0.1, 0.15) is 0 Å². The van der Waals surface area contributed by atoms with Crippen molar-refractivity contribution in [3.63, 3.8) is 0 Å². The van der Waals surface area contributed by atoms with Crippen molar-refractivity contribution < 1.29 is 4.79 Å². The molecule has 3 aromatic rings. The molecule has 0 aliphatic heterocycles. The van der Waals surface area contributed by atoms with E-state index in [0.717, 1.165) is 23.3 Å². The van der Waals surface area contributed by atoms with Crippen molar-refractivity contribution in [2.75, 3.05) is 0 Å². The van der Waals surface area contributed by atoms with Crippen LogP contribution >= 0.6 is 0 Å². The molecule has 1 fully saturated rings. The molecule has 0 aromatic heterocycles. The third kappa shape index (κ3) is 4.44. The van der Waals surface area contributed by atoms with Crippen LogP contribution in [0.1, 0.15) is 29.0 Å². The fourth-order valence-corrected chi connectivity index (χ4v) is 3.30. The van der Waals surface area contributed by atoms with E-state index in [9.17, 15) is 4.79 Å². The molecule has 1 amide bonds. The van der Waals surface area contributed by atoms with E-state index in [1.807, 2.05) is 91.0 Å². The van der Waals surface area contributed by atoms with Gasteiger partial charge in [-0.2, -0.15) is 5.10 Å². The number of rotatable bonds is 6. The van der Waals surface area contributed by atoms with Crippen molar-refractivity contribution in [2.24, 2.45) is 11.0 Å². The molecule has 1 aliphatic rings. The third-order valence-electron chi connectivity index (χ3n) is 4.94. The summed E-state index contributed by atoms with van der Waals surface area (Å²) < 4.78 is 0. The maximum atomic E-state index is 12.6. The minimum Gasteiger partial charge on any atom is -0.273 e. The van der Waals surface area contributed by atoms with Gasteiger partial charge in [0, 0.05) is 11.5 Å². The summed E-state index contributed by atoms with van der Waals surface area (Å²) in [7, 11) is 0. The first-order valence-electron chi connectivity index (χ1n) is 9.52. The van der Waals surface area contributed by atoms with Crippen molar-refractivity contribution in [3.05, 3.63) is 114 Å². The Kier molecular flexibility index (Phi) is 5.43. The molecule has 0 heterocycles. The van der Waals surface area contributed by atoms with Gasteiger partial charge in [-0.15, -0.1) is 0 Å². The lowest BCUT2D eigenvalue weighted by atomic mass is 10.1. The second-order valence-corrected chi connectivity index (χ2v) is 6.94. The SMILES string of the molecule is O=C(NN=C(/C=C\c1ccccc1)c1ccccc1)[C@@H]1C[C@@H]1c1ccccc1. The first kappa shape index (κ1) is 17.9. The smallest absolute Gasteiger partial charge is 0.243 e. The van der Waals surface area contributed by atoms with Gasteiger partial charge >= 0.3 is 0 Å². The summed E-state index contributed by atoms with van der Waals surface area (Å²) in [6, 6.07) is 30.1. The van der Waals surface area contributed by atoms with E-state index in [1.54, 1.807) is 0 Å². The molecule has 0 unspecified atom stereocenters. The van der Waals surface area contributed by atoms with Crippen LogP contribution < -0.4 is 5.43 Å². The number of benzene rings is 3. The van der Waals surface area contributed by atoms with E-state index in [1.165, 1.54) is 5.56 Å². The van der Waals surface area contributed by atoms with Crippen LogP contribution in [0.2, 0.25) is 0 Å². The zero-order chi connectivity index (χ0) is 19.2. The third-order valence-corrected chi connectivity index (χ3v) is 4.94. The topological polar surface area (TPSA) is 41.5 Å². The molecule has 0 bridgehead atoms. The van der Waals surface area contributed by atoms with Gasteiger partial charge in [0.05, 0.1) is 5.71 Å². The van der Waals surface area contributed by atoms with Crippen LogP contribution in [-0.4, -0.2) is 11.6 Å². The van der Waals surface area contributed by atoms with Gasteiger partial charge in [0.2, 0.25) is 5.91 Å². The molecule has 1 aliphatic carbocycles. The summed E-state index contributed by atoms with van der Waals surface area (Å²) in [6.45, 7) is 0. The number of hydrazone groups is 1. The maximum absolute atomic E-state index is 12.6. The van der Waals surface area contributed by atoms with Gasteiger partial charge in [0.25, 0.3) is 0 Å². The lowest BCUT2D eigenvalue weighted by molar-refractivity contribution is -0.122. The Morgan fingerprint density at radius 2 is 1.46 bits per heavy atom. The van der Waals surface area contributed by atoms with E-state index in [2.05, 4.69) is 22.7 Å². The van der Waals surface area contributed by atoms with E-state index in [0.29, 0.717) is 5.92 Å². The highest BCUT2D eigenvalue weighted by Gasteiger charge is 2.43. The Labute approximate surface area is 165 Å². The van der Waals surface area contributed by atoms with Crippen molar-refractivity contribution in [1.29, 1.82) is 0 Å². The molecule has 0 saturated heterocycles. The molecule has 1 saturated carbocycles. The lowest BCUT2D eigenvalue weighted by Gasteiger charge is -2.04. The van der Waals surface area contributed by atoms with Crippen molar-refractivity contribution in [1.82, 2.24) is 5.43 Å². The Morgan fingerprint density at radius 1 is 0.857 bits per heavy atom. The Balaban J connectivity index is 1.48. The Hall–Kier alpha value is -3.46. The van der Waals surface area contributed by atoms with Gasteiger partial charge in [-0.05, 0) is 29.5 Å². The van der Waals surface area contributed by atoms with Crippen molar-refractivity contribution in [3.8, 4) is 0 Å². The second-order valence-electron chi connectivity index (χ2n) is 6.94. The van der Waals surface area contributed by atoms with Gasteiger partial charge in [-0.3, -0.25) is 4.79 Å². The number of nitrogens with one attached hydrogen (secondary N) is 1. The number of carbonyl (C=O) groups is 1. The summed E-state index contributed by atoms with van der Waals surface area (Å²) in [5.74, 6) is 0.285. The van der Waals surface area contributed by atoms with Crippen LogP contribution in [0.3, 0.4) is 0 Å². The number of hydrogen-bond donors (Lipinski definition) is 1. The molecule has 0 radical (unpaired) electrons. The summed E-state index contributed by atoms with van der Waals surface area (Å²) in [5.41, 5.74) is 6.78. The first-order chi connectivity index (χ1) is 13.8. The highest BCUT2D eigenvalue weighted by molar-refractivity contribution is 6.11. The van der Waals surface area contributed by atoms with E-state index in [-0.39, 0.29) is 11.8 Å². The molecular formula is C25H22N2O. The van der Waals surface area contributed by atoms with Crippen LogP contribution in [0, 0.1) is 5.92 Å². The predicted octanol–water partition coefficient (Wildman–Crippen LogP) is 5.02. The molecule has 3 nitrogen and oxygen atoms in total. The number of amides is 1. The van der Waals surface area contributed by atoms with Crippen LogP contribution in [0.15, 0.2) is 102 Å². The monoisotopic (exact) mass is 366 g/mol. The molecule has 0 spiro atoms. The average molecular weight is 366 g/mol. The number of allylic oxidation sites excluding steroid dienone is 1. The normalized spacial score (nSPS) is 18.8. The summed E-state index contributed by atoms with van der Waals surface area (Å²) >= 11 is 0. The molecule has 138 valence electrons. The van der Waals surface area contributed by atoms with Crippen molar-refractivity contribution >= 4 is 17.7 Å². The lowest BCUT2D eigenvalue weighted by Crippen LogP contribution is -2.21. The summed E-state index contributed by atoms with van der Waals surface area (Å²) in [5, 5.41) is 4.43. The molecule has 3 heteroatoms. The summed E-state index contributed by atoms with van der Waals surface area (Å²) in [4.78, 5) is 12.6. The van der Waals surface area contributed by atoms with Gasteiger partial charge < -0.3 is 0 Å². The van der Waals surface area contributed by atoms with Gasteiger partial charge in [-0.1, -0.05) is 97.1 Å². The molecule has 28 heavy (non-hydrogen) atoms. The van der Waals surface area contributed by atoms with Crippen LogP contribution in [-0.2, 0) is 4.79 Å². The largest absolute Gasteiger partial charge is 0.273 e. The Morgan fingerprint density at radius 3 is 2.14 bits per heavy atom. The zero-order valence-electron chi connectivity index (χ0n) is 15.5. The zero-order valence-corrected chi connectivity index (χ0v) is 15.5. The van der Waals surface area contributed by atoms with Crippen molar-refractivity contribution in [2.45, 2.75) is 12.3 Å². The fraction of sp³-hybridized carbons (Fsp3) is 0.120. The number of nitrogens with zero attached hydrogens (tertiary/aromatic N) is 1. The van der Waals surface area contributed by atoms with Crippen LogP contribution in [0.25, 0.3) is 6.08 Å². The highest BCUT2D eigenvalue weighted by atomic mass is 16.2. The predicted molar refractivity (Wildman–Crippen MR) is 114 cm³/mol. The quantitative estimate of drug-likeness (QED) is 0.483. The van der Waals surface area contributed by atoms with Gasteiger partial charge in [0.15, 0.2) is 0 Å². The van der Waals surface area contributed by atoms with E-state index < -0.39 is 0 Å². The minimum absolute atomic E-state index is 0.00118.